The highest BCUT2D eigenvalue weighted by Crippen LogP contribution is 2.26. The predicted molar refractivity (Wildman–Crippen MR) is 118 cm³/mol. The summed E-state index contributed by atoms with van der Waals surface area (Å²) < 4.78 is 11.5. The van der Waals surface area contributed by atoms with Crippen LogP contribution in [0.1, 0.15) is 31.3 Å². The van der Waals surface area contributed by atoms with Crippen molar-refractivity contribution in [2.45, 2.75) is 26.5 Å². The highest BCUT2D eigenvalue weighted by atomic mass is 32.1. The van der Waals surface area contributed by atoms with E-state index in [9.17, 15) is 4.79 Å². The Hall–Kier alpha value is -3.17. The van der Waals surface area contributed by atoms with Gasteiger partial charge in [-0.25, -0.2) is 4.98 Å². The molecule has 0 fully saturated rings. The number of nitrogens with two attached hydrogens (primary N) is 1. The van der Waals surface area contributed by atoms with Crippen LogP contribution in [0.5, 0.6) is 0 Å². The van der Waals surface area contributed by atoms with Crippen LogP contribution in [-0.4, -0.2) is 30.0 Å². The third-order valence-corrected chi connectivity index (χ3v) is 4.89. The van der Waals surface area contributed by atoms with Crippen LogP contribution in [0.2, 0.25) is 0 Å². The fraction of sp³-hybridized carbons (Fsp3) is 0.286. The van der Waals surface area contributed by atoms with E-state index in [0.29, 0.717) is 42.0 Å². The second kappa shape index (κ2) is 10.6. The van der Waals surface area contributed by atoms with Crippen LogP contribution >= 0.6 is 11.3 Å². The van der Waals surface area contributed by atoms with Crippen LogP contribution in [0.4, 0.5) is 5.13 Å². The van der Waals surface area contributed by atoms with E-state index in [1.807, 2.05) is 54.8 Å². The van der Waals surface area contributed by atoms with Crippen molar-refractivity contribution in [3.05, 3.63) is 59.2 Å². The minimum Gasteiger partial charge on any atom is -0.458 e. The van der Waals surface area contributed by atoms with Gasteiger partial charge in [-0.05, 0) is 24.6 Å². The number of rotatable bonds is 9. The Bertz CT molecular complexity index is 983. The minimum absolute atomic E-state index is 0.110. The third kappa shape index (κ3) is 6.16. The number of hydrogen-bond acceptors (Lipinski definition) is 6. The van der Waals surface area contributed by atoms with Gasteiger partial charge >= 0.3 is 0 Å². The number of carbonyl (C=O) groups is 1. The largest absolute Gasteiger partial charge is 0.458 e. The average Bonchev–Trinajstić information content (AvgIpc) is 3.39. The van der Waals surface area contributed by atoms with Gasteiger partial charge in [0.1, 0.15) is 17.6 Å². The summed E-state index contributed by atoms with van der Waals surface area (Å²) in [4.78, 5) is 19.9. The van der Waals surface area contributed by atoms with Crippen LogP contribution in [0, 0.1) is 0 Å². The number of nitrogens with zero attached hydrogens (tertiary/aromatic N) is 2. The van der Waals surface area contributed by atoms with Crippen molar-refractivity contribution in [2.75, 3.05) is 18.5 Å². The average molecular weight is 428 g/mol. The number of hydrogen-bond donors (Lipinski definition) is 3. The summed E-state index contributed by atoms with van der Waals surface area (Å²) in [7, 11) is 0. The molecule has 3 aromatic rings. The van der Waals surface area contributed by atoms with E-state index in [1.54, 1.807) is 0 Å². The molecule has 0 saturated carbocycles. The smallest absolute Gasteiger partial charge is 0.217 e. The summed E-state index contributed by atoms with van der Waals surface area (Å²) in [6.45, 7) is 4.75. The van der Waals surface area contributed by atoms with Crippen LogP contribution in [0.15, 0.2) is 57.3 Å². The standard InChI is InChI=1S/C21H25N5O3S/c1-3-28-19(15-7-5-4-6-8-15)12-24-20(22)26-21-25-17(13-30-21)18-10-9-16(29-18)11-23-14(2)27/h4-10,13,19H,3,11-12H2,1-2H3,(H,23,27)(H3,22,24,25,26). The Labute approximate surface area is 179 Å². The van der Waals surface area contributed by atoms with Crippen molar-refractivity contribution in [2.24, 2.45) is 10.7 Å². The molecule has 0 aliphatic rings. The number of ether oxygens (including phenoxy) is 1. The fourth-order valence-electron chi connectivity index (χ4n) is 2.72. The van der Waals surface area contributed by atoms with E-state index < -0.39 is 0 Å². The first-order valence-electron chi connectivity index (χ1n) is 9.57. The SMILES string of the molecule is CCOC(CN=C(N)Nc1nc(-c2ccc(CNC(C)=O)o2)cs1)c1ccccc1. The molecule has 0 spiro atoms. The molecular formula is C21H25N5O3S. The number of guanidine groups is 1. The van der Waals surface area contributed by atoms with Gasteiger partial charge in [-0.2, -0.15) is 0 Å². The number of benzene rings is 1. The maximum absolute atomic E-state index is 11.0. The quantitative estimate of drug-likeness (QED) is 0.355. The van der Waals surface area contributed by atoms with E-state index >= 15 is 0 Å². The van der Waals surface area contributed by atoms with Crippen molar-refractivity contribution < 1.29 is 13.9 Å². The molecule has 0 radical (unpaired) electrons. The number of aromatic nitrogens is 1. The second-order valence-corrected chi connectivity index (χ2v) is 7.28. The van der Waals surface area contributed by atoms with Gasteiger partial charge in [0.05, 0.1) is 13.1 Å². The van der Waals surface area contributed by atoms with Crippen molar-refractivity contribution >= 4 is 28.3 Å². The molecule has 2 heterocycles. The second-order valence-electron chi connectivity index (χ2n) is 6.42. The molecule has 0 aliphatic heterocycles. The number of amides is 1. The molecule has 9 heteroatoms. The zero-order valence-corrected chi connectivity index (χ0v) is 17.7. The van der Waals surface area contributed by atoms with Gasteiger partial charge in [-0.1, -0.05) is 30.3 Å². The molecular weight excluding hydrogens is 402 g/mol. The monoisotopic (exact) mass is 427 g/mol. The third-order valence-electron chi connectivity index (χ3n) is 4.13. The molecule has 8 nitrogen and oxygen atoms in total. The maximum Gasteiger partial charge on any atom is 0.217 e. The number of thiazole rings is 1. The van der Waals surface area contributed by atoms with E-state index in [2.05, 4.69) is 20.6 Å². The Balaban J connectivity index is 1.60. The normalized spacial score (nSPS) is 12.5. The molecule has 1 amide bonds. The number of anilines is 1. The first-order valence-corrected chi connectivity index (χ1v) is 10.5. The molecule has 0 aliphatic carbocycles. The summed E-state index contributed by atoms with van der Waals surface area (Å²) >= 11 is 1.40. The van der Waals surface area contributed by atoms with E-state index in [1.165, 1.54) is 18.3 Å². The Kier molecular flexibility index (Phi) is 7.58. The summed E-state index contributed by atoms with van der Waals surface area (Å²) in [6, 6.07) is 13.6. The molecule has 0 bridgehead atoms. The van der Waals surface area contributed by atoms with E-state index in [0.717, 1.165) is 5.56 Å². The molecule has 3 rings (SSSR count). The molecule has 2 aromatic heterocycles. The molecule has 0 saturated heterocycles. The molecule has 30 heavy (non-hydrogen) atoms. The van der Waals surface area contributed by atoms with Gasteiger partial charge in [-0.3, -0.25) is 9.79 Å². The number of furan rings is 1. The lowest BCUT2D eigenvalue weighted by atomic mass is 10.1. The van der Waals surface area contributed by atoms with E-state index in [-0.39, 0.29) is 18.0 Å². The van der Waals surface area contributed by atoms with Crippen LogP contribution in [-0.2, 0) is 16.1 Å². The summed E-state index contributed by atoms with van der Waals surface area (Å²) in [5.74, 6) is 1.44. The lowest BCUT2D eigenvalue weighted by Gasteiger charge is -2.15. The van der Waals surface area contributed by atoms with Gasteiger partial charge in [0.2, 0.25) is 5.91 Å². The minimum atomic E-state index is -0.159. The summed E-state index contributed by atoms with van der Waals surface area (Å²) in [6.07, 6.45) is -0.159. The summed E-state index contributed by atoms with van der Waals surface area (Å²) in [5, 5.41) is 8.18. The van der Waals surface area contributed by atoms with Gasteiger partial charge in [0.25, 0.3) is 0 Å². The summed E-state index contributed by atoms with van der Waals surface area (Å²) in [5.41, 5.74) is 7.77. The van der Waals surface area contributed by atoms with Crippen molar-refractivity contribution in [3.63, 3.8) is 0 Å². The van der Waals surface area contributed by atoms with Crippen LogP contribution < -0.4 is 16.4 Å². The van der Waals surface area contributed by atoms with Gasteiger partial charge < -0.3 is 25.5 Å². The predicted octanol–water partition coefficient (Wildman–Crippen LogP) is 3.54. The number of carbonyl (C=O) groups excluding carboxylic acids is 1. The maximum atomic E-state index is 11.0. The highest BCUT2D eigenvalue weighted by Gasteiger charge is 2.12. The topological polar surface area (TPSA) is 115 Å². The van der Waals surface area contributed by atoms with Crippen LogP contribution in [0.25, 0.3) is 11.5 Å². The Morgan fingerprint density at radius 1 is 1.30 bits per heavy atom. The molecule has 1 unspecified atom stereocenters. The van der Waals surface area contributed by atoms with E-state index in [4.69, 9.17) is 14.9 Å². The van der Waals surface area contributed by atoms with Gasteiger partial charge in [-0.15, -0.1) is 11.3 Å². The van der Waals surface area contributed by atoms with Crippen LogP contribution in [0.3, 0.4) is 0 Å². The van der Waals surface area contributed by atoms with Crippen molar-refractivity contribution in [3.8, 4) is 11.5 Å². The Morgan fingerprint density at radius 3 is 2.83 bits per heavy atom. The molecule has 1 atom stereocenters. The molecule has 158 valence electrons. The van der Waals surface area contributed by atoms with Crippen molar-refractivity contribution in [1.29, 1.82) is 0 Å². The first-order chi connectivity index (χ1) is 14.5. The first kappa shape index (κ1) is 21.5. The zero-order valence-electron chi connectivity index (χ0n) is 16.9. The lowest BCUT2D eigenvalue weighted by molar-refractivity contribution is -0.119. The van der Waals surface area contributed by atoms with Crippen molar-refractivity contribution in [1.82, 2.24) is 10.3 Å². The van der Waals surface area contributed by atoms with Gasteiger partial charge in [0.15, 0.2) is 16.9 Å². The lowest BCUT2D eigenvalue weighted by Crippen LogP contribution is -2.24. The molecule has 1 aromatic carbocycles. The highest BCUT2D eigenvalue weighted by molar-refractivity contribution is 7.14. The number of nitrogens with one attached hydrogen (secondary N) is 2. The van der Waals surface area contributed by atoms with Gasteiger partial charge in [0, 0.05) is 18.9 Å². The molecule has 4 N–H and O–H groups in total. The zero-order chi connectivity index (χ0) is 21.3. The Morgan fingerprint density at radius 2 is 2.10 bits per heavy atom. The number of aliphatic imine (C=N–C) groups is 1. The fourth-order valence-corrected chi connectivity index (χ4v) is 3.43.